The summed E-state index contributed by atoms with van der Waals surface area (Å²) in [6.07, 6.45) is 4.46. The van der Waals surface area contributed by atoms with Gasteiger partial charge in [0.15, 0.2) is 0 Å². The normalized spacial score (nSPS) is 11.6. The Bertz CT molecular complexity index is 1260. The zero-order chi connectivity index (χ0) is 17.7. The molecule has 0 atom stereocenters. The molecule has 2 nitrogen and oxygen atoms in total. The molecule has 5 aromatic rings. The van der Waals surface area contributed by atoms with E-state index in [1.165, 1.54) is 38.2 Å². The fourth-order valence-electron chi connectivity index (χ4n) is 4.06. The molecule has 0 aliphatic heterocycles. The lowest BCUT2D eigenvalue weighted by molar-refractivity contribution is 0.797. The molecule has 2 heterocycles. The van der Waals surface area contributed by atoms with E-state index in [1.807, 2.05) is 0 Å². The molecule has 0 saturated heterocycles. The highest BCUT2D eigenvalue weighted by molar-refractivity contribution is 6.16. The summed E-state index contributed by atoms with van der Waals surface area (Å²) in [5.41, 5.74) is 6.12. The Balaban J connectivity index is 1.78. The van der Waals surface area contributed by atoms with Crippen LogP contribution in [0.5, 0.6) is 0 Å². The first-order chi connectivity index (χ1) is 12.7. The predicted octanol–water partition coefficient (Wildman–Crippen LogP) is 6.01. The summed E-state index contributed by atoms with van der Waals surface area (Å²) in [4.78, 5) is 4.91. The van der Waals surface area contributed by atoms with E-state index in [0.717, 1.165) is 17.6 Å². The number of aryl methyl sites for hydroxylation is 2. The van der Waals surface area contributed by atoms with Crippen LogP contribution in [0.15, 0.2) is 73.1 Å². The molecule has 0 amide bonds. The van der Waals surface area contributed by atoms with Gasteiger partial charge in [-0.05, 0) is 48.1 Å². The minimum atomic E-state index is 0.882. The van der Waals surface area contributed by atoms with Gasteiger partial charge >= 0.3 is 0 Å². The van der Waals surface area contributed by atoms with E-state index in [1.54, 1.807) is 0 Å². The first-order valence-corrected chi connectivity index (χ1v) is 9.03. The highest BCUT2D eigenvalue weighted by Crippen LogP contribution is 2.36. The average molecular weight is 336 g/mol. The minimum Gasteiger partial charge on any atom is -0.349 e. The Labute approximate surface area is 152 Å². The molecule has 0 saturated carbocycles. The van der Waals surface area contributed by atoms with Crippen LogP contribution in [0.4, 0.5) is 0 Å². The van der Waals surface area contributed by atoms with Crippen LogP contribution in [-0.4, -0.2) is 9.55 Å². The monoisotopic (exact) mass is 336 g/mol. The molecule has 126 valence electrons. The maximum absolute atomic E-state index is 4.91. The van der Waals surface area contributed by atoms with Crippen LogP contribution >= 0.6 is 0 Å². The third-order valence-corrected chi connectivity index (χ3v) is 5.41. The van der Waals surface area contributed by atoms with E-state index in [2.05, 4.69) is 91.5 Å². The van der Waals surface area contributed by atoms with Gasteiger partial charge in [0.2, 0.25) is 0 Å². The molecule has 2 aromatic heterocycles. The number of benzene rings is 3. The molecule has 0 spiro atoms. The lowest BCUT2D eigenvalue weighted by Gasteiger charge is -2.13. The molecule has 5 rings (SSSR count). The second-order valence-corrected chi connectivity index (χ2v) is 7.03. The van der Waals surface area contributed by atoms with Crippen molar-refractivity contribution in [3.63, 3.8) is 0 Å². The summed E-state index contributed by atoms with van der Waals surface area (Å²) in [7, 11) is 0. The average Bonchev–Trinajstić information content (AvgIpc) is 3.07. The standard InChI is InChI=1S/C24H20N2/c1-16-21-15-26(14-18-8-4-3-5-9-18)13-12-19(21)17(2)24-23(16)20-10-6-7-11-22(20)25-24/h3-13,15H,14H2,1-2H3. The fourth-order valence-corrected chi connectivity index (χ4v) is 4.06. The first-order valence-electron chi connectivity index (χ1n) is 9.03. The third kappa shape index (κ3) is 2.22. The van der Waals surface area contributed by atoms with E-state index in [0.29, 0.717) is 0 Å². The second-order valence-electron chi connectivity index (χ2n) is 7.03. The summed E-state index contributed by atoms with van der Waals surface area (Å²) in [5.74, 6) is 0. The van der Waals surface area contributed by atoms with Gasteiger partial charge in [-0.15, -0.1) is 0 Å². The lowest BCUT2D eigenvalue weighted by atomic mass is 9.97. The number of hydrogen-bond acceptors (Lipinski definition) is 1. The van der Waals surface area contributed by atoms with Crippen molar-refractivity contribution in [3.05, 3.63) is 89.7 Å². The molecule has 0 aliphatic carbocycles. The molecule has 26 heavy (non-hydrogen) atoms. The van der Waals surface area contributed by atoms with Crippen molar-refractivity contribution in [2.24, 2.45) is 0 Å². The van der Waals surface area contributed by atoms with Gasteiger partial charge in [-0.3, -0.25) is 0 Å². The zero-order valence-electron chi connectivity index (χ0n) is 15.0. The molecule has 0 radical (unpaired) electrons. The molecular weight excluding hydrogens is 316 g/mol. The SMILES string of the molecule is Cc1c2ccn(Cc3ccccc3)cc2c(C)c2c1nc1ccccc12. The highest BCUT2D eigenvalue weighted by Gasteiger charge is 2.14. The second kappa shape index (κ2) is 5.70. The van der Waals surface area contributed by atoms with Crippen molar-refractivity contribution in [2.75, 3.05) is 0 Å². The van der Waals surface area contributed by atoms with Gasteiger partial charge in [-0.2, -0.15) is 0 Å². The van der Waals surface area contributed by atoms with Crippen LogP contribution < -0.4 is 0 Å². The summed E-state index contributed by atoms with van der Waals surface area (Å²) in [6.45, 7) is 5.30. The molecular formula is C24H20N2. The van der Waals surface area contributed by atoms with Crippen LogP contribution in [0.3, 0.4) is 0 Å². The molecule has 0 bridgehead atoms. The van der Waals surface area contributed by atoms with Crippen LogP contribution in [0.2, 0.25) is 0 Å². The van der Waals surface area contributed by atoms with Crippen molar-refractivity contribution >= 4 is 32.6 Å². The largest absolute Gasteiger partial charge is 0.349 e. The van der Waals surface area contributed by atoms with Gasteiger partial charge < -0.3 is 4.57 Å². The van der Waals surface area contributed by atoms with Crippen LogP contribution in [0.1, 0.15) is 16.7 Å². The maximum atomic E-state index is 4.91. The van der Waals surface area contributed by atoms with Crippen LogP contribution in [0.25, 0.3) is 32.6 Å². The number of rotatable bonds is 2. The number of fused-ring (bicyclic) bond motifs is 4. The molecule has 2 heteroatoms. The van der Waals surface area contributed by atoms with E-state index < -0.39 is 0 Å². The van der Waals surface area contributed by atoms with Crippen molar-refractivity contribution in [1.29, 1.82) is 0 Å². The van der Waals surface area contributed by atoms with Crippen molar-refractivity contribution < 1.29 is 0 Å². The quantitative estimate of drug-likeness (QED) is 0.386. The smallest absolute Gasteiger partial charge is 0.0754 e. The van der Waals surface area contributed by atoms with Crippen LogP contribution in [-0.2, 0) is 6.54 Å². The van der Waals surface area contributed by atoms with Gasteiger partial charge in [0, 0.05) is 35.1 Å². The number of pyridine rings is 1. The predicted molar refractivity (Wildman–Crippen MR) is 110 cm³/mol. The van der Waals surface area contributed by atoms with Gasteiger partial charge in [-0.1, -0.05) is 48.5 Å². The van der Waals surface area contributed by atoms with Gasteiger partial charge in [0.25, 0.3) is 0 Å². The number of hydrogen-bond donors (Lipinski definition) is 0. The Hall–Kier alpha value is -3.13. The Morgan fingerprint density at radius 2 is 1.54 bits per heavy atom. The van der Waals surface area contributed by atoms with Crippen LogP contribution in [0, 0.1) is 13.8 Å². The fraction of sp³-hybridized carbons (Fsp3) is 0.125. The van der Waals surface area contributed by atoms with E-state index in [4.69, 9.17) is 4.98 Å². The zero-order valence-corrected chi connectivity index (χ0v) is 15.0. The number of nitrogens with zero attached hydrogens (tertiary/aromatic N) is 2. The molecule has 0 N–H and O–H groups in total. The number of aromatic nitrogens is 2. The molecule has 0 aliphatic rings. The molecule has 0 unspecified atom stereocenters. The summed E-state index contributed by atoms with van der Waals surface area (Å²) in [5, 5.41) is 5.15. The minimum absolute atomic E-state index is 0.882. The first kappa shape index (κ1) is 15.2. The lowest BCUT2D eigenvalue weighted by Crippen LogP contribution is -2.00. The van der Waals surface area contributed by atoms with Crippen molar-refractivity contribution in [3.8, 4) is 0 Å². The van der Waals surface area contributed by atoms with E-state index >= 15 is 0 Å². The van der Waals surface area contributed by atoms with E-state index in [-0.39, 0.29) is 0 Å². The van der Waals surface area contributed by atoms with Gasteiger partial charge in [-0.25, -0.2) is 4.98 Å². The Kier molecular flexibility index (Phi) is 3.32. The maximum Gasteiger partial charge on any atom is 0.0754 e. The van der Waals surface area contributed by atoms with Crippen molar-refractivity contribution in [1.82, 2.24) is 9.55 Å². The highest BCUT2D eigenvalue weighted by atomic mass is 14.9. The number of para-hydroxylation sites is 1. The van der Waals surface area contributed by atoms with E-state index in [9.17, 15) is 0 Å². The molecule has 0 fully saturated rings. The molecule has 3 aromatic carbocycles. The Morgan fingerprint density at radius 3 is 2.38 bits per heavy atom. The van der Waals surface area contributed by atoms with Gasteiger partial charge in [0.05, 0.1) is 11.0 Å². The topological polar surface area (TPSA) is 17.8 Å². The third-order valence-electron chi connectivity index (χ3n) is 5.41. The summed E-state index contributed by atoms with van der Waals surface area (Å²) in [6, 6.07) is 21.3. The van der Waals surface area contributed by atoms with Gasteiger partial charge in [0.1, 0.15) is 0 Å². The summed E-state index contributed by atoms with van der Waals surface area (Å²) >= 11 is 0. The Morgan fingerprint density at radius 1 is 0.769 bits per heavy atom. The summed E-state index contributed by atoms with van der Waals surface area (Å²) < 4.78 is 2.27. The van der Waals surface area contributed by atoms with Crippen molar-refractivity contribution in [2.45, 2.75) is 20.4 Å².